The van der Waals surface area contributed by atoms with E-state index in [2.05, 4.69) is 9.97 Å². The number of aryl methyl sites for hydroxylation is 1. The second kappa shape index (κ2) is 4.81. The van der Waals surface area contributed by atoms with E-state index in [1.807, 2.05) is 23.6 Å². The first-order valence-electron chi connectivity index (χ1n) is 6.96. The molecule has 19 heavy (non-hydrogen) atoms. The molecule has 1 saturated carbocycles. The van der Waals surface area contributed by atoms with Gasteiger partial charge in [-0.25, -0.2) is 9.97 Å². The Morgan fingerprint density at radius 3 is 2.84 bits per heavy atom. The summed E-state index contributed by atoms with van der Waals surface area (Å²) in [6, 6.07) is 3.87. The van der Waals surface area contributed by atoms with Crippen molar-refractivity contribution in [2.45, 2.75) is 51.2 Å². The third-order valence-electron chi connectivity index (χ3n) is 3.98. The van der Waals surface area contributed by atoms with Crippen LogP contribution in [0.1, 0.15) is 43.8 Å². The van der Waals surface area contributed by atoms with E-state index in [4.69, 9.17) is 5.73 Å². The van der Waals surface area contributed by atoms with Gasteiger partial charge in [-0.3, -0.25) is 4.57 Å². The van der Waals surface area contributed by atoms with Crippen LogP contribution in [0.15, 0.2) is 12.1 Å². The summed E-state index contributed by atoms with van der Waals surface area (Å²) in [4.78, 5) is 8.91. The lowest BCUT2D eigenvalue weighted by molar-refractivity contribution is 0.108. The number of aliphatic hydroxyl groups excluding tert-OH is 1. The molecular weight excluding hydrogens is 240 g/mol. The highest BCUT2D eigenvalue weighted by atomic mass is 16.3. The highest BCUT2D eigenvalue weighted by Crippen LogP contribution is 2.32. The lowest BCUT2D eigenvalue weighted by atomic mass is 10.1. The highest BCUT2D eigenvalue weighted by molar-refractivity contribution is 5.74. The summed E-state index contributed by atoms with van der Waals surface area (Å²) >= 11 is 0. The van der Waals surface area contributed by atoms with Crippen LogP contribution in [0.4, 0.5) is 5.95 Å². The van der Waals surface area contributed by atoms with Gasteiger partial charge in [-0.2, -0.15) is 0 Å². The minimum atomic E-state index is -0.357. The van der Waals surface area contributed by atoms with Gasteiger partial charge in [0.25, 0.3) is 0 Å². The molecule has 0 aromatic carbocycles. The zero-order chi connectivity index (χ0) is 13.4. The SMILES string of the molecule is Cc1ccc2nc(N)n(C3CCCCCC3O)c2n1. The molecule has 0 aliphatic heterocycles. The van der Waals surface area contributed by atoms with E-state index in [1.165, 1.54) is 6.42 Å². The van der Waals surface area contributed by atoms with Crippen LogP contribution in [-0.2, 0) is 0 Å². The number of nitrogen functional groups attached to an aromatic ring is 1. The van der Waals surface area contributed by atoms with Crippen molar-refractivity contribution in [1.82, 2.24) is 14.5 Å². The van der Waals surface area contributed by atoms with Gasteiger partial charge >= 0.3 is 0 Å². The van der Waals surface area contributed by atoms with Crippen molar-refractivity contribution in [2.24, 2.45) is 0 Å². The first kappa shape index (κ1) is 12.4. The Labute approximate surface area is 112 Å². The number of rotatable bonds is 1. The fourth-order valence-electron chi connectivity index (χ4n) is 2.98. The predicted octanol–water partition coefficient (Wildman–Crippen LogP) is 2.19. The van der Waals surface area contributed by atoms with Gasteiger partial charge in [-0.15, -0.1) is 0 Å². The minimum absolute atomic E-state index is 0.00167. The molecule has 2 unspecified atom stereocenters. The van der Waals surface area contributed by atoms with E-state index >= 15 is 0 Å². The summed E-state index contributed by atoms with van der Waals surface area (Å²) in [6.07, 6.45) is 4.78. The van der Waals surface area contributed by atoms with Crippen molar-refractivity contribution >= 4 is 17.1 Å². The van der Waals surface area contributed by atoms with Gasteiger partial charge in [0.2, 0.25) is 5.95 Å². The Hall–Kier alpha value is -1.62. The molecule has 1 fully saturated rings. The van der Waals surface area contributed by atoms with E-state index in [0.29, 0.717) is 5.95 Å². The normalized spacial score (nSPS) is 24.5. The number of hydrogen-bond acceptors (Lipinski definition) is 4. The molecule has 1 aliphatic rings. The third kappa shape index (κ3) is 2.18. The van der Waals surface area contributed by atoms with Crippen LogP contribution in [-0.4, -0.2) is 25.7 Å². The molecule has 3 rings (SSSR count). The Bertz CT molecular complexity index is 592. The number of pyridine rings is 1. The predicted molar refractivity (Wildman–Crippen MR) is 74.8 cm³/mol. The number of imidazole rings is 1. The molecule has 2 atom stereocenters. The van der Waals surface area contributed by atoms with Crippen LogP contribution in [0.25, 0.3) is 11.2 Å². The van der Waals surface area contributed by atoms with Gasteiger partial charge in [-0.05, 0) is 31.9 Å². The molecule has 2 aromatic rings. The standard InChI is InChI=1S/C14H20N4O/c1-9-7-8-10-13(16-9)18(14(15)17-10)11-5-3-2-4-6-12(11)19/h7-8,11-12,19H,2-6H2,1H3,(H2,15,17). The maximum absolute atomic E-state index is 10.3. The quantitative estimate of drug-likeness (QED) is 0.770. The molecule has 2 aromatic heterocycles. The van der Waals surface area contributed by atoms with Crippen LogP contribution in [0.5, 0.6) is 0 Å². The molecule has 1 aliphatic carbocycles. The molecule has 0 amide bonds. The molecule has 0 spiro atoms. The molecule has 0 saturated heterocycles. The van der Waals surface area contributed by atoms with Gasteiger partial charge in [-0.1, -0.05) is 19.3 Å². The Balaban J connectivity index is 2.12. The molecule has 102 valence electrons. The van der Waals surface area contributed by atoms with E-state index in [-0.39, 0.29) is 12.1 Å². The van der Waals surface area contributed by atoms with Gasteiger partial charge < -0.3 is 10.8 Å². The lowest BCUT2D eigenvalue weighted by Crippen LogP contribution is -2.24. The second-order valence-corrected chi connectivity index (χ2v) is 5.41. The molecule has 5 heteroatoms. The Morgan fingerprint density at radius 2 is 2.00 bits per heavy atom. The van der Waals surface area contributed by atoms with Crippen LogP contribution >= 0.6 is 0 Å². The molecule has 0 radical (unpaired) electrons. The van der Waals surface area contributed by atoms with E-state index in [0.717, 1.165) is 42.5 Å². The second-order valence-electron chi connectivity index (χ2n) is 5.41. The number of nitrogens with zero attached hydrogens (tertiary/aromatic N) is 3. The molecule has 3 N–H and O–H groups in total. The zero-order valence-electron chi connectivity index (χ0n) is 11.2. The Kier molecular flexibility index (Phi) is 3.14. The summed E-state index contributed by atoms with van der Waals surface area (Å²) in [5.74, 6) is 0.457. The van der Waals surface area contributed by atoms with Crippen molar-refractivity contribution in [1.29, 1.82) is 0 Å². The topological polar surface area (TPSA) is 77.0 Å². The van der Waals surface area contributed by atoms with Gasteiger partial charge in [0.1, 0.15) is 5.52 Å². The fraction of sp³-hybridized carbons (Fsp3) is 0.571. The van der Waals surface area contributed by atoms with Crippen LogP contribution < -0.4 is 5.73 Å². The van der Waals surface area contributed by atoms with Gasteiger partial charge in [0, 0.05) is 5.69 Å². The number of aromatic nitrogens is 3. The van der Waals surface area contributed by atoms with E-state index in [1.54, 1.807) is 0 Å². The first-order chi connectivity index (χ1) is 9.16. The maximum atomic E-state index is 10.3. The zero-order valence-corrected chi connectivity index (χ0v) is 11.2. The number of fused-ring (bicyclic) bond motifs is 1. The van der Waals surface area contributed by atoms with Crippen molar-refractivity contribution < 1.29 is 5.11 Å². The molecule has 0 bridgehead atoms. The molecular formula is C14H20N4O. The fourth-order valence-corrected chi connectivity index (χ4v) is 2.98. The molecule has 5 nitrogen and oxygen atoms in total. The summed E-state index contributed by atoms with van der Waals surface area (Å²) in [5, 5.41) is 10.3. The van der Waals surface area contributed by atoms with E-state index in [9.17, 15) is 5.11 Å². The minimum Gasteiger partial charge on any atom is -0.391 e. The van der Waals surface area contributed by atoms with Crippen molar-refractivity contribution in [3.05, 3.63) is 17.8 Å². The summed E-state index contributed by atoms with van der Waals surface area (Å²) in [5.41, 5.74) is 8.59. The average molecular weight is 260 g/mol. The van der Waals surface area contributed by atoms with Crippen LogP contribution in [0.3, 0.4) is 0 Å². The number of hydrogen-bond donors (Lipinski definition) is 2. The van der Waals surface area contributed by atoms with E-state index < -0.39 is 0 Å². The van der Waals surface area contributed by atoms with Crippen molar-refractivity contribution in [2.75, 3.05) is 5.73 Å². The number of aliphatic hydroxyl groups is 1. The number of nitrogens with two attached hydrogens (primary N) is 1. The monoisotopic (exact) mass is 260 g/mol. The molecule has 2 heterocycles. The van der Waals surface area contributed by atoms with Crippen LogP contribution in [0, 0.1) is 6.92 Å². The van der Waals surface area contributed by atoms with Gasteiger partial charge in [0.05, 0.1) is 12.1 Å². The van der Waals surface area contributed by atoms with Crippen LogP contribution in [0.2, 0.25) is 0 Å². The largest absolute Gasteiger partial charge is 0.391 e. The first-order valence-corrected chi connectivity index (χ1v) is 6.96. The average Bonchev–Trinajstić information content (AvgIpc) is 2.55. The lowest BCUT2D eigenvalue weighted by Gasteiger charge is -2.23. The number of anilines is 1. The van der Waals surface area contributed by atoms with Crippen molar-refractivity contribution in [3.63, 3.8) is 0 Å². The summed E-state index contributed by atoms with van der Waals surface area (Å²) in [7, 11) is 0. The summed E-state index contributed by atoms with van der Waals surface area (Å²) < 4.78 is 1.93. The van der Waals surface area contributed by atoms with Crippen molar-refractivity contribution in [3.8, 4) is 0 Å². The summed E-state index contributed by atoms with van der Waals surface area (Å²) in [6.45, 7) is 1.95. The third-order valence-corrected chi connectivity index (χ3v) is 3.98. The maximum Gasteiger partial charge on any atom is 0.202 e. The highest BCUT2D eigenvalue weighted by Gasteiger charge is 2.27. The smallest absolute Gasteiger partial charge is 0.202 e. The Morgan fingerprint density at radius 1 is 1.21 bits per heavy atom. The van der Waals surface area contributed by atoms with Gasteiger partial charge in [0.15, 0.2) is 5.65 Å².